The number of ether oxygens (including phenoxy) is 1. The number of allylic oxidation sites excluding steroid dienone is 1. The molecule has 0 radical (unpaired) electrons. The van der Waals surface area contributed by atoms with Crippen LogP contribution >= 0.6 is 23.4 Å². The Morgan fingerprint density at radius 1 is 1.19 bits per heavy atom. The number of nitrogens with zero attached hydrogens (tertiary/aromatic N) is 3. The van der Waals surface area contributed by atoms with Crippen molar-refractivity contribution in [3.05, 3.63) is 77.6 Å². The Kier molecular flexibility index (Phi) is 7.99. The summed E-state index contributed by atoms with van der Waals surface area (Å²) in [7, 11) is 0. The fraction of sp³-hybridized carbons (Fsp3) is 0.292. The van der Waals surface area contributed by atoms with Gasteiger partial charge in [-0.2, -0.15) is 0 Å². The molecule has 1 amide bonds. The molecule has 0 atom stereocenters. The predicted octanol–water partition coefficient (Wildman–Crippen LogP) is 5.72. The van der Waals surface area contributed by atoms with Crippen molar-refractivity contribution in [3.8, 4) is 5.75 Å². The maximum absolute atomic E-state index is 12.3. The van der Waals surface area contributed by atoms with Gasteiger partial charge in [0, 0.05) is 6.54 Å². The molecule has 32 heavy (non-hydrogen) atoms. The molecule has 0 bridgehead atoms. The Labute approximate surface area is 198 Å². The fourth-order valence-corrected chi connectivity index (χ4v) is 3.87. The second kappa shape index (κ2) is 10.7. The number of amides is 1. The summed E-state index contributed by atoms with van der Waals surface area (Å²) in [6, 6.07) is 15.2. The van der Waals surface area contributed by atoms with E-state index in [0.717, 1.165) is 5.75 Å². The van der Waals surface area contributed by atoms with Crippen LogP contribution < -0.4 is 10.1 Å². The molecule has 0 fully saturated rings. The van der Waals surface area contributed by atoms with Gasteiger partial charge in [-0.15, -0.1) is 16.8 Å². The molecule has 1 aromatic heterocycles. The van der Waals surface area contributed by atoms with Gasteiger partial charge in [-0.05, 0) is 35.2 Å². The number of aromatic nitrogens is 3. The minimum atomic E-state index is -0.173. The van der Waals surface area contributed by atoms with Crippen molar-refractivity contribution in [1.82, 2.24) is 14.8 Å². The topological polar surface area (TPSA) is 69.0 Å². The van der Waals surface area contributed by atoms with Crippen molar-refractivity contribution >= 4 is 35.0 Å². The summed E-state index contributed by atoms with van der Waals surface area (Å²) >= 11 is 7.40. The Bertz CT molecular complexity index is 1070. The molecule has 0 aliphatic rings. The summed E-state index contributed by atoms with van der Waals surface area (Å²) in [5.74, 6) is 1.43. The molecule has 3 aromatic rings. The number of halogens is 1. The lowest BCUT2D eigenvalue weighted by molar-refractivity contribution is -0.113. The van der Waals surface area contributed by atoms with E-state index in [9.17, 15) is 4.79 Å². The van der Waals surface area contributed by atoms with Crippen LogP contribution in [0.5, 0.6) is 5.75 Å². The fourth-order valence-electron chi connectivity index (χ4n) is 2.92. The van der Waals surface area contributed by atoms with E-state index in [1.807, 2.05) is 28.8 Å². The first-order valence-corrected chi connectivity index (χ1v) is 11.6. The molecule has 1 heterocycles. The highest BCUT2D eigenvalue weighted by Crippen LogP contribution is 2.25. The van der Waals surface area contributed by atoms with Gasteiger partial charge >= 0.3 is 0 Å². The van der Waals surface area contributed by atoms with Gasteiger partial charge in [-0.3, -0.25) is 9.36 Å². The number of nitrogens with one attached hydrogen (secondary N) is 1. The summed E-state index contributed by atoms with van der Waals surface area (Å²) in [4.78, 5) is 12.3. The summed E-state index contributed by atoms with van der Waals surface area (Å²) < 4.78 is 7.81. The van der Waals surface area contributed by atoms with Gasteiger partial charge in [-0.25, -0.2) is 0 Å². The molecule has 0 aliphatic carbocycles. The zero-order valence-electron chi connectivity index (χ0n) is 18.5. The Morgan fingerprint density at radius 2 is 1.91 bits per heavy atom. The molecule has 2 aromatic carbocycles. The van der Waals surface area contributed by atoms with Crippen LogP contribution in [0, 0.1) is 0 Å². The first-order chi connectivity index (χ1) is 15.3. The quantitative estimate of drug-likeness (QED) is 0.319. The number of rotatable bonds is 9. The van der Waals surface area contributed by atoms with Gasteiger partial charge in [0.2, 0.25) is 5.91 Å². The summed E-state index contributed by atoms with van der Waals surface area (Å²) in [5.41, 5.74) is 1.92. The Hall–Kier alpha value is -2.77. The number of carbonyl (C=O) groups excluding carboxylic acids is 1. The molecule has 0 spiro atoms. The SMILES string of the molecule is C=CCn1c(COc2ccc(C(C)(C)C)cc2)nnc1SCC(=O)Nc1ccccc1Cl. The summed E-state index contributed by atoms with van der Waals surface area (Å²) in [6.45, 7) is 11.1. The number of anilines is 1. The number of hydrogen-bond donors (Lipinski definition) is 1. The summed E-state index contributed by atoms with van der Waals surface area (Å²) in [6.07, 6.45) is 1.76. The van der Waals surface area contributed by atoms with E-state index in [2.05, 4.69) is 55.0 Å². The molecular formula is C24H27ClN4O2S. The van der Waals surface area contributed by atoms with Crippen molar-refractivity contribution in [2.45, 2.75) is 44.5 Å². The van der Waals surface area contributed by atoms with E-state index in [1.54, 1.807) is 18.2 Å². The van der Waals surface area contributed by atoms with Gasteiger partial charge in [0.05, 0.1) is 16.5 Å². The lowest BCUT2D eigenvalue weighted by Crippen LogP contribution is -2.15. The minimum absolute atomic E-state index is 0.0902. The van der Waals surface area contributed by atoms with Crippen LogP contribution in [0.1, 0.15) is 32.2 Å². The van der Waals surface area contributed by atoms with Crippen molar-refractivity contribution < 1.29 is 9.53 Å². The first-order valence-electron chi connectivity index (χ1n) is 10.2. The molecule has 0 unspecified atom stereocenters. The van der Waals surface area contributed by atoms with E-state index in [4.69, 9.17) is 16.3 Å². The molecule has 168 valence electrons. The monoisotopic (exact) mass is 470 g/mol. The Morgan fingerprint density at radius 3 is 2.56 bits per heavy atom. The zero-order valence-corrected chi connectivity index (χ0v) is 20.0. The highest BCUT2D eigenvalue weighted by atomic mass is 35.5. The van der Waals surface area contributed by atoms with E-state index >= 15 is 0 Å². The van der Waals surface area contributed by atoms with E-state index in [1.165, 1.54) is 17.3 Å². The van der Waals surface area contributed by atoms with Gasteiger partial charge < -0.3 is 10.1 Å². The van der Waals surface area contributed by atoms with Gasteiger partial charge in [0.25, 0.3) is 0 Å². The average Bonchev–Trinajstić information content (AvgIpc) is 3.14. The second-order valence-electron chi connectivity index (χ2n) is 8.18. The normalized spacial score (nSPS) is 11.2. The standard InChI is InChI=1S/C24H27ClN4O2S/c1-5-14-29-21(15-31-18-12-10-17(11-13-18)24(2,3)4)27-28-23(29)32-16-22(30)26-20-9-7-6-8-19(20)25/h5-13H,1,14-16H2,2-4H3,(H,26,30). The van der Waals surface area contributed by atoms with Crippen LogP contribution in [0.4, 0.5) is 5.69 Å². The number of benzene rings is 2. The lowest BCUT2D eigenvalue weighted by Gasteiger charge is -2.19. The lowest BCUT2D eigenvalue weighted by atomic mass is 9.87. The van der Waals surface area contributed by atoms with Crippen LogP contribution in [-0.2, 0) is 23.4 Å². The van der Waals surface area contributed by atoms with Gasteiger partial charge in [0.15, 0.2) is 11.0 Å². The number of carbonyl (C=O) groups is 1. The van der Waals surface area contributed by atoms with Gasteiger partial charge in [-0.1, -0.05) is 74.5 Å². The number of hydrogen-bond acceptors (Lipinski definition) is 5. The third kappa shape index (κ3) is 6.37. The Balaban J connectivity index is 1.61. The average molecular weight is 471 g/mol. The van der Waals surface area contributed by atoms with Crippen molar-refractivity contribution in [2.75, 3.05) is 11.1 Å². The maximum atomic E-state index is 12.3. The minimum Gasteiger partial charge on any atom is -0.486 e. The molecule has 8 heteroatoms. The van der Waals surface area contributed by atoms with Crippen molar-refractivity contribution in [2.24, 2.45) is 0 Å². The third-order valence-corrected chi connectivity index (χ3v) is 5.97. The largest absolute Gasteiger partial charge is 0.486 e. The van der Waals surface area contributed by atoms with Crippen LogP contribution in [0.15, 0.2) is 66.3 Å². The highest BCUT2D eigenvalue weighted by molar-refractivity contribution is 7.99. The van der Waals surface area contributed by atoms with Crippen LogP contribution in [0.25, 0.3) is 0 Å². The predicted molar refractivity (Wildman–Crippen MR) is 130 cm³/mol. The molecule has 6 nitrogen and oxygen atoms in total. The van der Waals surface area contributed by atoms with Crippen LogP contribution in [0.2, 0.25) is 5.02 Å². The van der Waals surface area contributed by atoms with Gasteiger partial charge in [0.1, 0.15) is 12.4 Å². The van der Waals surface area contributed by atoms with E-state index < -0.39 is 0 Å². The van der Waals surface area contributed by atoms with Crippen LogP contribution in [-0.4, -0.2) is 26.4 Å². The van der Waals surface area contributed by atoms with Crippen LogP contribution in [0.3, 0.4) is 0 Å². The molecule has 1 N–H and O–H groups in total. The molecule has 3 rings (SSSR count). The molecule has 0 saturated heterocycles. The zero-order chi connectivity index (χ0) is 23.1. The third-order valence-electron chi connectivity index (χ3n) is 4.67. The molecule has 0 saturated carbocycles. The summed E-state index contributed by atoms with van der Waals surface area (Å²) in [5, 5.41) is 12.4. The first kappa shape index (κ1) is 23.9. The highest BCUT2D eigenvalue weighted by Gasteiger charge is 2.16. The maximum Gasteiger partial charge on any atom is 0.234 e. The van der Waals surface area contributed by atoms with Crippen molar-refractivity contribution in [3.63, 3.8) is 0 Å². The van der Waals surface area contributed by atoms with E-state index in [-0.39, 0.29) is 23.7 Å². The molecule has 0 aliphatic heterocycles. The smallest absolute Gasteiger partial charge is 0.234 e. The number of thioether (sulfide) groups is 1. The molecular weight excluding hydrogens is 444 g/mol. The van der Waals surface area contributed by atoms with E-state index in [0.29, 0.717) is 28.2 Å². The second-order valence-corrected chi connectivity index (χ2v) is 9.53. The number of para-hydroxylation sites is 1. The van der Waals surface area contributed by atoms with Crippen molar-refractivity contribution in [1.29, 1.82) is 0 Å².